The molecule has 3 aromatic rings. The minimum Gasteiger partial charge on any atom is -0.508 e. The molecule has 0 heterocycles. The normalized spacial score (nSPS) is 11.3. The second-order valence-electron chi connectivity index (χ2n) is 5.68. The predicted octanol–water partition coefficient (Wildman–Crippen LogP) is 4.16. The lowest BCUT2D eigenvalue weighted by atomic mass is 9.70. The highest BCUT2D eigenvalue weighted by molar-refractivity contribution is 5.60. The van der Waals surface area contributed by atoms with Gasteiger partial charge in [-0.2, -0.15) is 0 Å². The van der Waals surface area contributed by atoms with Gasteiger partial charge in [0.2, 0.25) is 0 Å². The van der Waals surface area contributed by atoms with Crippen LogP contribution in [-0.2, 0) is 5.41 Å². The summed E-state index contributed by atoms with van der Waals surface area (Å²) >= 11 is 0. The van der Waals surface area contributed by atoms with Crippen molar-refractivity contribution >= 4 is 0 Å². The maximum atomic E-state index is 10.4. The van der Waals surface area contributed by atoms with Crippen molar-refractivity contribution in [2.24, 2.45) is 0 Å². The lowest BCUT2D eigenvalue weighted by Crippen LogP contribution is -2.25. The van der Waals surface area contributed by atoms with Crippen molar-refractivity contribution in [2.75, 3.05) is 0 Å². The molecule has 0 amide bonds. The maximum absolute atomic E-state index is 10.4. The van der Waals surface area contributed by atoms with Gasteiger partial charge in [0.1, 0.15) is 17.2 Å². The largest absolute Gasteiger partial charge is 0.508 e. The average Bonchev–Trinajstić information content (AvgIpc) is 2.55. The molecule has 0 fully saturated rings. The summed E-state index contributed by atoms with van der Waals surface area (Å²) in [5, 5.41) is 31.2. The van der Waals surface area contributed by atoms with Gasteiger partial charge in [-0.25, -0.2) is 0 Å². The number of phenols is 3. The summed E-state index contributed by atoms with van der Waals surface area (Å²) in [4.78, 5) is 0. The molecule has 3 aromatic carbocycles. The molecule has 0 aliphatic carbocycles. The highest BCUT2D eigenvalue weighted by Crippen LogP contribution is 2.47. The number of para-hydroxylation sites is 3. The minimum absolute atomic E-state index is 0.113. The van der Waals surface area contributed by atoms with Gasteiger partial charge >= 0.3 is 0 Å². The monoisotopic (exact) mass is 306 g/mol. The molecule has 3 N–H and O–H groups in total. The van der Waals surface area contributed by atoms with E-state index in [-0.39, 0.29) is 17.2 Å². The van der Waals surface area contributed by atoms with Crippen LogP contribution in [0.5, 0.6) is 17.2 Å². The molecule has 0 aromatic heterocycles. The zero-order valence-corrected chi connectivity index (χ0v) is 12.8. The van der Waals surface area contributed by atoms with Crippen LogP contribution in [0.2, 0.25) is 0 Å². The summed E-state index contributed by atoms with van der Waals surface area (Å²) in [6, 6.07) is 20.9. The molecular formula is C20H18O3. The molecule has 0 bridgehead atoms. The van der Waals surface area contributed by atoms with Crippen molar-refractivity contribution in [3.63, 3.8) is 0 Å². The Bertz CT molecular complexity index is 729. The first-order chi connectivity index (χ1) is 11.0. The van der Waals surface area contributed by atoms with Gasteiger partial charge in [0.05, 0.1) is 5.41 Å². The second kappa shape index (κ2) is 5.69. The number of phenolic OH excluding ortho intramolecular Hbond substituents is 3. The third-order valence-corrected chi connectivity index (χ3v) is 4.33. The van der Waals surface area contributed by atoms with Gasteiger partial charge in [-0.1, -0.05) is 54.6 Å². The van der Waals surface area contributed by atoms with Crippen molar-refractivity contribution < 1.29 is 15.3 Å². The molecule has 0 aliphatic heterocycles. The molecule has 23 heavy (non-hydrogen) atoms. The van der Waals surface area contributed by atoms with Crippen LogP contribution in [-0.4, -0.2) is 15.3 Å². The van der Waals surface area contributed by atoms with Crippen LogP contribution in [0.25, 0.3) is 0 Å². The van der Waals surface area contributed by atoms with E-state index in [2.05, 4.69) is 0 Å². The lowest BCUT2D eigenvalue weighted by molar-refractivity contribution is 0.429. The van der Waals surface area contributed by atoms with Gasteiger partial charge in [-0.3, -0.25) is 0 Å². The Morgan fingerprint density at radius 2 is 0.783 bits per heavy atom. The number of aromatic hydroxyl groups is 3. The third-order valence-electron chi connectivity index (χ3n) is 4.33. The molecule has 116 valence electrons. The van der Waals surface area contributed by atoms with Crippen LogP contribution in [0, 0.1) is 0 Å². The van der Waals surface area contributed by atoms with Crippen LogP contribution in [0.3, 0.4) is 0 Å². The first kappa shape index (κ1) is 15.0. The van der Waals surface area contributed by atoms with Crippen LogP contribution >= 0.6 is 0 Å². The van der Waals surface area contributed by atoms with Gasteiger partial charge in [0, 0.05) is 16.7 Å². The van der Waals surface area contributed by atoms with E-state index >= 15 is 0 Å². The van der Waals surface area contributed by atoms with E-state index in [0.717, 1.165) is 0 Å². The summed E-state index contributed by atoms with van der Waals surface area (Å²) in [6.45, 7) is 1.88. The van der Waals surface area contributed by atoms with E-state index in [9.17, 15) is 15.3 Å². The van der Waals surface area contributed by atoms with E-state index in [1.807, 2.05) is 25.1 Å². The van der Waals surface area contributed by atoms with Gasteiger partial charge in [0.25, 0.3) is 0 Å². The van der Waals surface area contributed by atoms with Crippen LogP contribution in [0.1, 0.15) is 23.6 Å². The molecule has 0 radical (unpaired) electrons. The smallest absolute Gasteiger partial charge is 0.120 e. The molecule has 3 heteroatoms. The quantitative estimate of drug-likeness (QED) is 0.637. The van der Waals surface area contributed by atoms with Gasteiger partial charge in [-0.15, -0.1) is 0 Å². The molecule has 0 aliphatic rings. The topological polar surface area (TPSA) is 60.7 Å². The second-order valence-corrected chi connectivity index (χ2v) is 5.68. The summed E-state index contributed by atoms with van der Waals surface area (Å²) < 4.78 is 0. The van der Waals surface area contributed by atoms with E-state index in [4.69, 9.17) is 0 Å². The van der Waals surface area contributed by atoms with Crippen molar-refractivity contribution in [2.45, 2.75) is 12.3 Å². The molecule has 0 unspecified atom stereocenters. The van der Waals surface area contributed by atoms with E-state index in [1.165, 1.54) is 0 Å². The number of hydrogen-bond acceptors (Lipinski definition) is 3. The van der Waals surface area contributed by atoms with Gasteiger partial charge in [0.15, 0.2) is 0 Å². The standard InChI is InChI=1S/C20H18O3/c1-20(14-8-2-5-11-17(14)21,15-9-3-6-12-18(15)22)16-10-4-7-13-19(16)23/h2-13,21-23H,1H3. The van der Waals surface area contributed by atoms with Crippen LogP contribution in [0.4, 0.5) is 0 Å². The first-order valence-corrected chi connectivity index (χ1v) is 7.40. The highest BCUT2D eigenvalue weighted by atomic mass is 16.3. The summed E-state index contributed by atoms with van der Waals surface area (Å²) in [7, 11) is 0. The average molecular weight is 306 g/mol. The van der Waals surface area contributed by atoms with Crippen molar-refractivity contribution in [1.29, 1.82) is 0 Å². The fourth-order valence-electron chi connectivity index (χ4n) is 3.12. The summed E-state index contributed by atoms with van der Waals surface area (Å²) in [5.41, 5.74) is 0.941. The van der Waals surface area contributed by atoms with E-state index in [1.54, 1.807) is 54.6 Å². The number of rotatable bonds is 3. The van der Waals surface area contributed by atoms with E-state index in [0.29, 0.717) is 16.7 Å². The Labute approximate surface area is 135 Å². The van der Waals surface area contributed by atoms with Crippen molar-refractivity contribution in [1.82, 2.24) is 0 Å². The minimum atomic E-state index is -0.901. The molecular weight excluding hydrogens is 288 g/mol. The molecule has 0 atom stereocenters. The number of benzene rings is 3. The maximum Gasteiger partial charge on any atom is 0.120 e. The van der Waals surface area contributed by atoms with E-state index < -0.39 is 5.41 Å². The fraction of sp³-hybridized carbons (Fsp3) is 0.100. The van der Waals surface area contributed by atoms with Crippen molar-refractivity contribution in [3.8, 4) is 17.2 Å². The fourth-order valence-corrected chi connectivity index (χ4v) is 3.12. The molecule has 0 spiro atoms. The van der Waals surface area contributed by atoms with Crippen LogP contribution in [0.15, 0.2) is 72.8 Å². The Kier molecular flexibility index (Phi) is 3.70. The Morgan fingerprint density at radius 1 is 0.522 bits per heavy atom. The number of hydrogen-bond donors (Lipinski definition) is 3. The zero-order chi connectivity index (χ0) is 16.4. The molecule has 3 rings (SSSR count). The first-order valence-electron chi connectivity index (χ1n) is 7.40. The SMILES string of the molecule is CC(c1ccccc1O)(c1ccccc1O)c1ccccc1O. The lowest BCUT2D eigenvalue weighted by Gasteiger charge is -2.33. The third kappa shape index (κ3) is 2.40. The molecule has 3 nitrogen and oxygen atoms in total. The predicted molar refractivity (Wildman–Crippen MR) is 89.9 cm³/mol. The Balaban J connectivity index is 2.38. The molecule has 0 saturated heterocycles. The molecule has 0 saturated carbocycles. The van der Waals surface area contributed by atoms with Crippen LogP contribution < -0.4 is 0 Å². The zero-order valence-electron chi connectivity index (χ0n) is 12.8. The van der Waals surface area contributed by atoms with Gasteiger partial charge in [-0.05, 0) is 25.1 Å². The van der Waals surface area contributed by atoms with Crippen molar-refractivity contribution in [3.05, 3.63) is 89.5 Å². The Hall–Kier alpha value is -2.94. The summed E-state index contributed by atoms with van der Waals surface area (Å²) in [6.07, 6.45) is 0. The van der Waals surface area contributed by atoms with Gasteiger partial charge < -0.3 is 15.3 Å². The Morgan fingerprint density at radius 3 is 1.04 bits per heavy atom. The summed E-state index contributed by atoms with van der Waals surface area (Å²) in [5.74, 6) is 0.338. The highest BCUT2D eigenvalue weighted by Gasteiger charge is 2.37.